The molecule has 0 unspecified atom stereocenters. The SMILES string of the molecule is CCCCCCC(=O)N[C@@H]1CCCC[C@H]1NC(=O)CCCCCC. The molecule has 0 aromatic heterocycles. The Morgan fingerprint density at radius 1 is 0.708 bits per heavy atom. The molecule has 1 aliphatic carbocycles. The summed E-state index contributed by atoms with van der Waals surface area (Å²) in [7, 11) is 0. The Hall–Kier alpha value is -1.06. The highest BCUT2D eigenvalue weighted by Gasteiger charge is 2.27. The van der Waals surface area contributed by atoms with Crippen LogP contribution in [0.3, 0.4) is 0 Å². The van der Waals surface area contributed by atoms with E-state index in [9.17, 15) is 9.59 Å². The van der Waals surface area contributed by atoms with Crippen molar-refractivity contribution in [3.63, 3.8) is 0 Å². The van der Waals surface area contributed by atoms with Gasteiger partial charge in [-0.15, -0.1) is 0 Å². The van der Waals surface area contributed by atoms with Crippen LogP contribution in [-0.2, 0) is 9.59 Å². The molecule has 2 atom stereocenters. The van der Waals surface area contributed by atoms with Crippen molar-refractivity contribution in [2.75, 3.05) is 0 Å². The normalized spacial score (nSPS) is 20.6. The largest absolute Gasteiger partial charge is 0.351 e. The van der Waals surface area contributed by atoms with Gasteiger partial charge in [-0.05, 0) is 25.7 Å². The fraction of sp³-hybridized carbons (Fsp3) is 0.900. The van der Waals surface area contributed by atoms with E-state index in [2.05, 4.69) is 24.5 Å². The Kier molecular flexibility index (Phi) is 11.6. The minimum absolute atomic E-state index is 0.122. The molecule has 0 saturated heterocycles. The Labute approximate surface area is 148 Å². The zero-order valence-corrected chi connectivity index (χ0v) is 15.9. The lowest BCUT2D eigenvalue weighted by molar-refractivity contribution is -0.125. The lowest BCUT2D eigenvalue weighted by atomic mass is 9.90. The molecule has 2 N–H and O–H groups in total. The number of carbonyl (C=O) groups is 2. The predicted octanol–water partition coefficient (Wildman–Crippen LogP) is 4.47. The second-order valence-corrected chi connectivity index (χ2v) is 7.25. The third-order valence-corrected chi connectivity index (χ3v) is 4.97. The molecule has 1 rings (SSSR count). The van der Waals surface area contributed by atoms with Gasteiger partial charge in [0.05, 0.1) is 0 Å². The standard InChI is InChI=1S/C20H38N2O2/c1-3-5-7-9-15-19(23)21-17-13-11-12-14-18(17)22-20(24)16-10-8-6-4-2/h17-18H,3-16H2,1-2H3,(H,21,23)(H,22,24)/t17-,18-/m1/s1. The first-order valence-electron chi connectivity index (χ1n) is 10.3. The van der Waals surface area contributed by atoms with Gasteiger partial charge in [0.2, 0.25) is 11.8 Å². The molecular weight excluding hydrogens is 300 g/mol. The average Bonchev–Trinajstić information content (AvgIpc) is 2.57. The Bertz CT molecular complexity index is 324. The topological polar surface area (TPSA) is 58.2 Å². The molecule has 0 aromatic carbocycles. The molecule has 0 radical (unpaired) electrons. The summed E-state index contributed by atoms with van der Waals surface area (Å²) < 4.78 is 0. The molecule has 140 valence electrons. The van der Waals surface area contributed by atoms with Gasteiger partial charge in [0.25, 0.3) is 0 Å². The van der Waals surface area contributed by atoms with Crippen molar-refractivity contribution >= 4 is 11.8 Å². The Balaban J connectivity index is 2.30. The van der Waals surface area contributed by atoms with Crippen LogP contribution in [0.15, 0.2) is 0 Å². The molecule has 1 fully saturated rings. The molecule has 4 nitrogen and oxygen atoms in total. The maximum atomic E-state index is 12.1. The fourth-order valence-corrected chi connectivity index (χ4v) is 3.46. The maximum Gasteiger partial charge on any atom is 0.220 e. The van der Waals surface area contributed by atoms with Gasteiger partial charge in [0, 0.05) is 24.9 Å². The van der Waals surface area contributed by atoms with E-state index >= 15 is 0 Å². The minimum Gasteiger partial charge on any atom is -0.351 e. The molecular formula is C20H38N2O2. The lowest BCUT2D eigenvalue weighted by Gasteiger charge is -2.33. The van der Waals surface area contributed by atoms with E-state index in [0.717, 1.165) is 51.4 Å². The molecule has 1 aliphatic rings. The van der Waals surface area contributed by atoms with Crippen molar-refractivity contribution in [2.24, 2.45) is 0 Å². The Morgan fingerprint density at radius 2 is 1.12 bits per heavy atom. The number of carbonyl (C=O) groups excluding carboxylic acids is 2. The molecule has 0 aromatic rings. The highest BCUT2D eigenvalue weighted by molar-refractivity contribution is 5.77. The van der Waals surface area contributed by atoms with Crippen molar-refractivity contribution in [1.82, 2.24) is 10.6 Å². The van der Waals surface area contributed by atoms with E-state index in [1.165, 1.54) is 25.7 Å². The van der Waals surface area contributed by atoms with Crippen LogP contribution < -0.4 is 10.6 Å². The van der Waals surface area contributed by atoms with Crippen LogP contribution in [-0.4, -0.2) is 23.9 Å². The molecule has 4 heteroatoms. The van der Waals surface area contributed by atoms with Crippen LogP contribution in [0.5, 0.6) is 0 Å². The summed E-state index contributed by atoms with van der Waals surface area (Å²) >= 11 is 0. The number of nitrogens with one attached hydrogen (secondary N) is 2. The van der Waals surface area contributed by atoms with Gasteiger partial charge in [-0.1, -0.05) is 65.2 Å². The second-order valence-electron chi connectivity index (χ2n) is 7.25. The summed E-state index contributed by atoms with van der Waals surface area (Å²) in [4.78, 5) is 24.3. The molecule has 0 spiro atoms. The molecule has 0 heterocycles. The van der Waals surface area contributed by atoms with Crippen molar-refractivity contribution in [2.45, 2.75) is 116 Å². The number of rotatable bonds is 12. The minimum atomic E-state index is 0.122. The summed E-state index contributed by atoms with van der Waals surface area (Å²) in [5.74, 6) is 0.306. The number of unbranched alkanes of at least 4 members (excludes halogenated alkanes) is 6. The smallest absolute Gasteiger partial charge is 0.220 e. The third kappa shape index (κ3) is 9.29. The zero-order valence-electron chi connectivity index (χ0n) is 15.9. The van der Waals surface area contributed by atoms with E-state index < -0.39 is 0 Å². The molecule has 1 saturated carbocycles. The molecule has 24 heavy (non-hydrogen) atoms. The molecule has 0 aliphatic heterocycles. The number of hydrogen-bond donors (Lipinski definition) is 2. The summed E-state index contributed by atoms with van der Waals surface area (Å²) in [6.07, 6.45) is 14.5. The van der Waals surface area contributed by atoms with Gasteiger partial charge in [0.1, 0.15) is 0 Å². The first kappa shape index (κ1) is 21.0. The van der Waals surface area contributed by atoms with Crippen molar-refractivity contribution in [1.29, 1.82) is 0 Å². The van der Waals surface area contributed by atoms with Crippen molar-refractivity contribution < 1.29 is 9.59 Å². The van der Waals surface area contributed by atoms with Gasteiger partial charge in [-0.2, -0.15) is 0 Å². The van der Waals surface area contributed by atoms with Crippen molar-refractivity contribution in [3.8, 4) is 0 Å². The second kappa shape index (κ2) is 13.3. The van der Waals surface area contributed by atoms with Gasteiger partial charge < -0.3 is 10.6 Å². The van der Waals surface area contributed by atoms with Gasteiger partial charge in [0.15, 0.2) is 0 Å². The lowest BCUT2D eigenvalue weighted by Crippen LogP contribution is -2.53. The summed E-state index contributed by atoms with van der Waals surface area (Å²) in [6.45, 7) is 4.36. The van der Waals surface area contributed by atoms with Crippen LogP contribution in [0, 0.1) is 0 Å². The molecule has 0 bridgehead atoms. The fourth-order valence-electron chi connectivity index (χ4n) is 3.46. The van der Waals surface area contributed by atoms with E-state index in [4.69, 9.17) is 0 Å². The summed E-state index contributed by atoms with van der Waals surface area (Å²) in [5, 5.41) is 6.35. The molecule has 2 amide bonds. The van der Waals surface area contributed by atoms with E-state index in [-0.39, 0.29) is 23.9 Å². The van der Waals surface area contributed by atoms with Gasteiger partial charge in [-0.3, -0.25) is 9.59 Å². The van der Waals surface area contributed by atoms with E-state index in [0.29, 0.717) is 12.8 Å². The highest BCUT2D eigenvalue weighted by Crippen LogP contribution is 2.19. The average molecular weight is 339 g/mol. The first-order chi connectivity index (χ1) is 11.7. The summed E-state index contributed by atoms with van der Waals surface area (Å²) in [6, 6.07) is 0.244. The van der Waals surface area contributed by atoms with Crippen LogP contribution in [0.1, 0.15) is 104 Å². The van der Waals surface area contributed by atoms with Crippen LogP contribution in [0.4, 0.5) is 0 Å². The van der Waals surface area contributed by atoms with E-state index in [1.807, 2.05) is 0 Å². The first-order valence-corrected chi connectivity index (χ1v) is 10.3. The van der Waals surface area contributed by atoms with Crippen molar-refractivity contribution in [3.05, 3.63) is 0 Å². The van der Waals surface area contributed by atoms with Gasteiger partial charge >= 0.3 is 0 Å². The Morgan fingerprint density at radius 3 is 1.50 bits per heavy atom. The van der Waals surface area contributed by atoms with Crippen LogP contribution in [0.2, 0.25) is 0 Å². The van der Waals surface area contributed by atoms with Crippen LogP contribution in [0.25, 0.3) is 0 Å². The number of hydrogen-bond acceptors (Lipinski definition) is 2. The number of amides is 2. The quantitative estimate of drug-likeness (QED) is 0.516. The summed E-state index contributed by atoms with van der Waals surface area (Å²) in [5.41, 5.74) is 0. The third-order valence-electron chi connectivity index (χ3n) is 4.97. The monoisotopic (exact) mass is 338 g/mol. The zero-order chi connectivity index (χ0) is 17.6. The maximum absolute atomic E-state index is 12.1. The van der Waals surface area contributed by atoms with Gasteiger partial charge in [-0.25, -0.2) is 0 Å². The van der Waals surface area contributed by atoms with E-state index in [1.54, 1.807) is 0 Å². The predicted molar refractivity (Wildman–Crippen MR) is 99.8 cm³/mol. The van der Waals surface area contributed by atoms with Crippen LogP contribution >= 0.6 is 0 Å². The highest BCUT2D eigenvalue weighted by atomic mass is 16.2.